The van der Waals surface area contributed by atoms with Crippen molar-refractivity contribution in [3.63, 3.8) is 0 Å². The molecule has 1 N–H and O–H groups in total. The van der Waals surface area contributed by atoms with E-state index in [1.165, 1.54) is 0 Å². The van der Waals surface area contributed by atoms with E-state index in [4.69, 9.17) is 15.3 Å². The molecule has 0 aliphatic heterocycles. The Kier molecular flexibility index (Phi) is 6.77. The molecule has 0 aromatic rings. The molecule has 2 unspecified atom stereocenters. The van der Waals surface area contributed by atoms with Crippen LogP contribution in [0.1, 0.15) is 61.3 Å². The van der Waals surface area contributed by atoms with Gasteiger partial charge in [-0.1, -0.05) is 54.4 Å². The molecule has 0 aromatic heterocycles. The van der Waals surface area contributed by atoms with Gasteiger partial charge in [0.25, 0.3) is 0 Å². The summed E-state index contributed by atoms with van der Waals surface area (Å²) in [5, 5.41) is 11.4. The first-order valence-corrected chi connectivity index (χ1v) is 15.7. The van der Waals surface area contributed by atoms with Gasteiger partial charge < -0.3 is 14.0 Å². The Morgan fingerprint density at radius 3 is 1.77 bits per heavy atom. The van der Waals surface area contributed by atoms with Crippen molar-refractivity contribution in [2.75, 3.05) is 0 Å². The molecule has 0 heterocycles. The average Bonchev–Trinajstić information content (AvgIpc) is 2.41. The van der Waals surface area contributed by atoms with Crippen molar-refractivity contribution in [2.45, 2.75) is 115 Å². The largest absolute Gasteiger partial charge is 0.414 e. The summed E-state index contributed by atoms with van der Waals surface area (Å²) in [6.07, 6.45) is 6.95. The van der Waals surface area contributed by atoms with E-state index in [-0.39, 0.29) is 28.2 Å². The summed E-state index contributed by atoms with van der Waals surface area (Å²) in [5.41, 5.74) is -1.17. The molecule has 0 amide bonds. The second kappa shape index (κ2) is 7.37. The van der Waals surface area contributed by atoms with Crippen molar-refractivity contribution in [1.29, 1.82) is 0 Å². The minimum Gasteiger partial charge on any atom is -0.414 e. The molecule has 0 bridgehead atoms. The van der Waals surface area contributed by atoms with Crippen LogP contribution in [0.5, 0.6) is 0 Å². The normalized spacial score (nSPS) is 31.6. The van der Waals surface area contributed by atoms with E-state index in [9.17, 15) is 5.11 Å². The number of hydrogen-bond donors (Lipinski definition) is 1. The quantitative estimate of drug-likeness (QED) is 0.497. The highest BCUT2D eigenvalue weighted by molar-refractivity contribution is 6.74. The van der Waals surface area contributed by atoms with Crippen LogP contribution in [0.25, 0.3) is 0 Å². The van der Waals surface area contributed by atoms with E-state index >= 15 is 0 Å². The fourth-order valence-electron chi connectivity index (χ4n) is 2.97. The van der Waals surface area contributed by atoms with Gasteiger partial charge in [0.05, 0.1) is 12.2 Å². The topological polar surface area (TPSA) is 38.7 Å². The van der Waals surface area contributed by atoms with Gasteiger partial charge in [0.15, 0.2) is 16.6 Å². The molecule has 5 heteroatoms. The Morgan fingerprint density at radius 1 is 0.962 bits per heavy atom. The second-order valence-corrected chi connectivity index (χ2v) is 20.7. The summed E-state index contributed by atoms with van der Waals surface area (Å²) in [6.45, 7) is 24.5. The minimum absolute atomic E-state index is 0.0529. The first kappa shape index (κ1) is 23.9. The third kappa shape index (κ3) is 5.02. The number of hydrogen-bond acceptors (Lipinski definition) is 3. The third-order valence-corrected chi connectivity index (χ3v) is 16.2. The fraction of sp³-hybridized carbons (Fsp3) is 0.905. The molecular formula is C21H42O3Si2. The lowest BCUT2D eigenvalue weighted by Gasteiger charge is -2.50. The predicted octanol–water partition coefficient (Wildman–Crippen LogP) is 5.56. The number of aliphatic hydroxyl groups is 1. The first-order valence-electron chi connectivity index (χ1n) is 9.92. The van der Waals surface area contributed by atoms with Gasteiger partial charge in [-0.2, -0.15) is 0 Å². The lowest BCUT2D eigenvalue weighted by atomic mass is 9.74. The van der Waals surface area contributed by atoms with Crippen LogP contribution in [0.15, 0.2) is 0 Å². The van der Waals surface area contributed by atoms with Crippen LogP contribution in [-0.2, 0) is 8.85 Å². The number of terminal acetylenes is 1. The summed E-state index contributed by atoms with van der Waals surface area (Å²) < 4.78 is 13.3. The lowest BCUT2D eigenvalue weighted by molar-refractivity contribution is -0.0924. The molecule has 0 radical (unpaired) electrons. The van der Waals surface area contributed by atoms with Gasteiger partial charge in [0.2, 0.25) is 0 Å². The molecule has 3 nitrogen and oxygen atoms in total. The standard InChI is InChI=1S/C21H42O3Si2/c1-13-21(22)15-17(23-25(9,10)19(3,4)5)14-18(16(21)2)24-26(11,12)20(6,7)8/h1,16-18,22H,14-15H2,2-12H3/t16?,17-,18-,21?/m0/s1. The van der Waals surface area contributed by atoms with Crippen LogP contribution in [-0.4, -0.2) is 39.6 Å². The zero-order chi connectivity index (χ0) is 20.8. The number of rotatable bonds is 4. The van der Waals surface area contributed by atoms with Gasteiger partial charge in [-0.15, -0.1) is 6.42 Å². The molecule has 26 heavy (non-hydrogen) atoms. The van der Waals surface area contributed by atoms with Gasteiger partial charge in [0.1, 0.15) is 5.60 Å². The molecule has 1 aliphatic rings. The van der Waals surface area contributed by atoms with Crippen LogP contribution in [0.4, 0.5) is 0 Å². The zero-order valence-corrected chi connectivity index (χ0v) is 21.0. The Hall–Kier alpha value is -0.126. The van der Waals surface area contributed by atoms with Gasteiger partial charge in [-0.05, 0) is 42.7 Å². The van der Waals surface area contributed by atoms with Crippen molar-refractivity contribution >= 4 is 16.6 Å². The van der Waals surface area contributed by atoms with E-state index in [2.05, 4.69) is 73.7 Å². The highest BCUT2D eigenvalue weighted by Gasteiger charge is 2.51. The monoisotopic (exact) mass is 398 g/mol. The Bertz CT molecular complexity index is 537. The Balaban J connectivity index is 3.11. The average molecular weight is 399 g/mol. The highest BCUT2D eigenvalue weighted by Crippen LogP contribution is 2.45. The van der Waals surface area contributed by atoms with Crippen molar-refractivity contribution in [3.05, 3.63) is 0 Å². The molecule has 4 atom stereocenters. The van der Waals surface area contributed by atoms with Crippen LogP contribution in [0.2, 0.25) is 36.3 Å². The second-order valence-electron chi connectivity index (χ2n) is 11.2. The molecule has 1 rings (SSSR count). The first-order chi connectivity index (χ1) is 11.4. The van der Waals surface area contributed by atoms with E-state index in [0.29, 0.717) is 6.42 Å². The van der Waals surface area contributed by atoms with Crippen molar-refractivity contribution in [2.24, 2.45) is 5.92 Å². The van der Waals surface area contributed by atoms with E-state index < -0.39 is 22.2 Å². The molecule has 152 valence electrons. The zero-order valence-electron chi connectivity index (χ0n) is 19.0. The summed E-state index contributed by atoms with van der Waals surface area (Å²) in [5.74, 6) is 2.57. The summed E-state index contributed by atoms with van der Waals surface area (Å²) in [6, 6.07) is 0. The maximum atomic E-state index is 11.1. The van der Waals surface area contributed by atoms with Crippen LogP contribution in [0, 0.1) is 18.3 Å². The maximum absolute atomic E-state index is 11.1. The minimum atomic E-state index is -1.96. The maximum Gasteiger partial charge on any atom is 0.192 e. The van der Waals surface area contributed by atoms with Gasteiger partial charge in [-0.3, -0.25) is 0 Å². The summed E-state index contributed by atoms with van der Waals surface area (Å²) >= 11 is 0. The SMILES string of the molecule is C#CC1(O)C[C@@H](O[Si](C)(C)C(C)(C)C)C[C@H](O[Si](C)(C)C(C)(C)C)C1C. The van der Waals surface area contributed by atoms with Crippen LogP contribution >= 0.6 is 0 Å². The molecule has 1 aliphatic carbocycles. The molecule has 1 saturated carbocycles. The van der Waals surface area contributed by atoms with E-state index in [1.54, 1.807) is 0 Å². The smallest absolute Gasteiger partial charge is 0.192 e. The van der Waals surface area contributed by atoms with Crippen LogP contribution < -0.4 is 0 Å². The highest BCUT2D eigenvalue weighted by atomic mass is 28.4. The molecule has 0 aromatic carbocycles. The fourth-order valence-corrected chi connectivity index (χ4v) is 5.74. The van der Waals surface area contributed by atoms with E-state index in [0.717, 1.165) is 6.42 Å². The Morgan fingerprint density at radius 2 is 1.38 bits per heavy atom. The van der Waals surface area contributed by atoms with Gasteiger partial charge in [-0.25, -0.2) is 0 Å². The van der Waals surface area contributed by atoms with Crippen LogP contribution in [0.3, 0.4) is 0 Å². The summed E-state index contributed by atoms with van der Waals surface area (Å²) in [7, 11) is -3.90. The molecule has 1 fully saturated rings. The summed E-state index contributed by atoms with van der Waals surface area (Å²) in [4.78, 5) is 0. The van der Waals surface area contributed by atoms with Crippen molar-refractivity contribution in [1.82, 2.24) is 0 Å². The third-order valence-electron chi connectivity index (χ3n) is 7.11. The predicted molar refractivity (Wildman–Crippen MR) is 116 cm³/mol. The molecule has 0 spiro atoms. The lowest BCUT2D eigenvalue weighted by Crippen LogP contribution is -2.57. The van der Waals surface area contributed by atoms with Gasteiger partial charge in [0, 0.05) is 12.3 Å². The van der Waals surface area contributed by atoms with E-state index in [1.807, 2.05) is 6.92 Å². The molecular weight excluding hydrogens is 356 g/mol. The van der Waals surface area contributed by atoms with Gasteiger partial charge >= 0.3 is 0 Å². The van der Waals surface area contributed by atoms with Crippen molar-refractivity contribution < 1.29 is 14.0 Å². The Labute approximate surface area is 164 Å². The van der Waals surface area contributed by atoms with Crippen molar-refractivity contribution in [3.8, 4) is 12.3 Å². The molecule has 0 saturated heterocycles.